The Kier molecular flexibility index (Phi) is 7.11. The van der Waals surface area contributed by atoms with E-state index in [2.05, 4.69) is 18.5 Å². The van der Waals surface area contributed by atoms with Crippen LogP contribution in [0.2, 0.25) is 0 Å². The maximum atomic E-state index is 13.8. The molecule has 0 spiro atoms. The van der Waals surface area contributed by atoms with E-state index in [9.17, 15) is 14.4 Å². The minimum atomic E-state index is -0.823. The molecule has 1 atom stereocenters. The number of thiazole rings is 1. The van der Waals surface area contributed by atoms with E-state index in [1.807, 2.05) is 24.3 Å². The van der Waals surface area contributed by atoms with Crippen molar-refractivity contribution in [2.45, 2.75) is 32.7 Å². The highest BCUT2D eigenvalue weighted by molar-refractivity contribution is 7.17. The number of hydrogen-bond donors (Lipinski definition) is 0. The number of hydrogen-bond acceptors (Lipinski definition) is 8. The number of esters is 1. The van der Waals surface area contributed by atoms with Crippen molar-refractivity contribution >= 4 is 39.3 Å². The highest BCUT2D eigenvalue weighted by Gasteiger charge is 2.45. The molecule has 0 N–H and O–H groups in total. The first-order valence-corrected chi connectivity index (χ1v) is 13.1. The molecule has 0 bridgehead atoms. The largest absolute Gasteiger partial charge is 0.494 e. The molecule has 2 aromatic heterocycles. The topological polar surface area (TPSA) is 98.9 Å². The van der Waals surface area contributed by atoms with E-state index in [4.69, 9.17) is 13.9 Å². The van der Waals surface area contributed by atoms with Crippen LogP contribution in [0.15, 0.2) is 70.4 Å². The van der Waals surface area contributed by atoms with Crippen molar-refractivity contribution in [3.05, 3.63) is 98.9 Å². The predicted octanol–water partition coefficient (Wildman–Crippen LogP) is 5.83. The Bertz CT molecular complexity index is 1600. The summed E-state index contributed by atoms with van der Waals surface area (Å²) in [7, 11) is 0. The van der Waals surface area contributed by atoms with Gasteiger partial charge in [0.1, 0.15) is 22.8 Å². The highest BCUT2D eigenvalue weighted by atomic mass is 32.1. The average Bonchev–Trinajstić information content (AvgIpc) is 3.45. The molecule has 5 rings (SSSR count). The second-order valence-electron chi connectivity index (χ2n) is 8.82. The van der Waals surface area contributed by atoms with Gasteiger partial charge in [-0.1, -0.05) is 61.6 Å². The molecular weight excluding hydrogens is 504 g/mol. The maximum absolute atomic E-state index is 13.8. The van der Waals surface area contributed by atoms with Crippen LogP contribution in [-0.4, -0.2) is 30.1 Å². The van der Waals surface area contributed by atoms with Crippen LogP contribution in [-0.2, 0) is 4.74 Å². The summed E-state index contributed by atoms with van der Waals surface area (Å²) in [5.41, 5.74) is 1.34. The first-order chi connectivity index (χ1) is 18.4. The summed E-state index contributed by atoms with van der Waals surface area (Å²) in [6.45, 7) is 7.93. The number of aromatic nitrogens is 1. The van der Waals surface area contributed by atoms with Crippen molar-refractivity contribution in [3.8, 4) is 5.75 Å². The van der Waals surface area contributed by atoms with Crippen molar-refractivity contribution in [3.63, 3.8) is 0 Å². The van der Waals surface area contributed by atoms with Gasteiger partial charge in [-0.15, -0.1) is 0 Å². The zero-order chi connectivity index (χ0) is 26.8. The fourth-order valence-electron chi connectivity index (χ4n) is 4.42. The summed E-state index contributed by atoms with van der Waals surface area (Å²) in [6.07, 6.45) is 3.37. The van der Waals surface area contributed by atoms with E-state index >= 15 is 0 Å². The van der Waals surface area contributed by atoms with Gasteiger partial charge in [0.15, 0.2) is 10.6 Å². The average molecular weight is 531 g/mol. The van der Waals surface area contributed by atoms with E-state index < -0.39 is 17.9 Å². The first-order valence-electron chi connectivity index (χ1n) is 12.3. The standard InChI is InChI=1S/C29H26N2O6S/c1-4-6-15-35-19-11-9-10-18(16-19)23-22-24(32)20-12-7-8-13-21(20)37-25(22)27(33)31(23)29-30-17(3)26(38-29)28(34)36-14-5-2/h5,7-13,16,23H,2,4,6,14-15H2,1,3H3. The van der Waals surface area contributed by atoms with Gasteiger partial charge in [-0.05, 0) is 43.2 Å². The molecule has 3 heterocycles. The lowest BCUT2D eigenvalue weighted by atomic mass is 9.98. The third-order valence-electron chi connectivity index (χ3n) is 6.23. The minimum absolute atomic E-state index is 0.0420. The Balaban J connectivity index is 1.66. The fraction of sp³-hybridized carbons (Fsp3) is 0.241. The molecule has 194 valence electrons. The molecule has 1 aliphatic rings. The second kappa shape index (κ2) is 10.6. The van der Waals surface area contributed by atoms with Crippen LogP contribution in [0.4, 0.5) is 5.13 Å². The molecule has 0 fully saturated rings. The zero-order valence-corrected chi connectivity index (χ0v) is 21.9. The lowest BCUT2D eigenvalue weighted by Gasteiger charge is -2.23. The molecular formula is C29H26N2O6S. The van der Waals surface area contributed by atoms with Gasteiger partial charge in [0.05, 0.1) is 29.3 Å². The van der Waals surface area contributed by atoms with Gasteiger partial charge in [-0.25, -0.2) is 9.78 Å². The quantitative estimate of drug-likeness (QED) is 0.153. The summed E-state index contributed by atoms with van der Waals surface area (Å²) < 4.78 is 17.1. The first kappa shape index (κ1) is 25.4. The third kappa shape index (κ3) is 4.50. The number of rotatable bonds is 9. The predicted molar refractivity (Wildman–Crippen MR) is 145 cm³/mol. The van der Waals surface area contributed by atoms with Gasteiger partial charge >= 0.3 is 5.97 Å². The Labute approximate surface area is 223 Å². The molecule has 4 aromatic rings. The SMILES string of the molecule is C=CCOC(=O)c1sc(N2C(=O)c3oc4ccccc4c(=O)c3C2c2cccc(OCCCC)c2)nc1C. The van der Waals surface area contributed by atoms with Crippen LogP contribution in [0.1, 0.15) is 62.9 Å². The summed E-state index contributed by atoms with van der Waals surface area (Å²) in [4.78, 5) is 46.4. The lowest BCUT2D eigenvalue weighted by Crippen LogP contribution is -2.29. The Morgan fingerprint density at radius 3 is 2.82 bits per heavy atom. The number of carbonyl (C=O) groups excluding carboxylic acids is 2. The van der Waals surface area contributed by atoms with E-state index in [-0.39, 0.29) is 33.4 Å². The zero-order valence-electron chi connectivity index (χ0n) is 21.1. The Morgan fingerprint density at radius 1 is 1.21 bits per heavy atom. The van der Waals surface area contributed by atoms with Crippen LogP contribution in [0.25, 0.3) is 11.0 Å². The molecule has 2 aromatic carbocycles. The minimum Gasteiger partial charge on any atom is -0.494 e. The number of amides is 1. The van der Waals surface area contributed by atoms with Crippen LogP contribution in [0.3, 0.4) is 0 Å². The summed E-state index contributed by atoms with van der Waals surface area (Å²) in [6, 6.07) is 13.3. The van der Waals surface area contributed by atoms with Crippen LogP contribution in [0.5, 0.6) is 5.75 Å². The van der Waals surface area contributed by atoms with Crippen LogP contribution >= 0.6 is 11.3 Å². The molecule has 0 saturated carbocycles. The monoisotopic (exact) mass is 530 g/mol. The van der Waals surface area contributed by atoms with E-state index in [0.717, 1.165) is 24.2 Å². The van der Waals surface area contributed by atoms with Crippen molar-refractivity contribution in [2.75, 3.05) is 18.1 Å². The molecule has 1 unspecified atom stereocenters. The van der Waals surface area contributed by atoms with Crippen molar-refractivity contribution in [2.24, 2.45) is 0 Å². The molecule has 0 radical (unpaired) electrons. The Hall–Kier alpha value is -4.24. The number of aryl methyl sites for hydroxylation is 1. The number of ether oxygens (including phenoxy) is 2. The number of anilines is 1. The van der Waals surface area contributed by atoms with E-state index in [1.54, 1.807) is 31.2 Å². The fourth-order valence-corrected chi connectivity index (χ4v) is 5.40. The molecule has 1 aliphatic heterocycles. The van der Waals surface area contributed by atoms with Gasteiger partial charge < -0.3 is 13.9 Å². The van der Waals surface area contributed by atoms with Crippen molar-refractivity contribution in [1.82, 2.24) is 4.98 Å². The number of fused-ring (bicyclic) bond motifs is 2. The van der Waals surface area contributed by atoms with Gasteiger partial charge in [0.25, 0.3) is 5.91 Å². The number of unbranched alkanes of at least 4 members (excludes halogenated alkanes) is 1. The van der Waals surface area contributed by atoms with Gasteiger partial charge in [0, 0.05) is 0 Å². The molecule has 0 saturated heterocycles. The number of carbonyl (C=O) groups is 2. The van der Waals surface area contributed by atoms with Gasteiger partial charge in [-0.2, -0.15) is 0 Å². The van der Waals surface area contributed by atoms with E-state index in [0.29, 0.717) is 34.6 Å². The van der Waals surface area contributed by atoms with Gasteiger partial charge in [0.2, 0.25) is 5.76 Å². The molecule has 9 heteroatoms. The molecule has 1 amide bonds. The highest BCUT2D eigenvalue weighted by Crippen LogP contribution is 2.43. The van der Waals surface area contributed by atoms with Crippen molar-refractivity contribution < 1.29 is 23.5 Å². The summed E-state index contributed by atoms with van der Waals surface area (Å²) in [5.74, 6) is -0.478. The smallest absolute Gasteiger partial charge is 0.350 e. The molecule has 8 nitrogen and oxygen atoms in total. The number of nitrogens with zero attached hydrogens (tertiary/aromatic N) is 2. The Morgan fingerprint density at radius 2 is 2.03 bits per heavy atom. The maximum Gasteiger partial charge on any atom is 0.350 e. The third-order valence-corrected chi connectivity index (χ3v) is 7.36. The second-order valence-corrected chi connectivity index (χ2v) is 9.80. The number of para-hydroxylation sites is 1. The summed E-state index contributed by atoms with van der Waals surface area (Å²) >= 11 is 1.03. The molecule has 0 aliphatic carbocycles. The molecule has 38 heavy (non-hydrogen) atoms. The van der Waals surface area contributed by atoms with Gasteiger partial charge in [-0.3, -0.25) is 14.5 Å². The normalized spacial score (nSPS) is 14.5. The van der Waals surface area contributed by atoms with Crippen LogP contribution in [0, 0.1) is 6.92 Å². The van der Waals surface area contributed by atoms with E-state index in [1.165, 1.54) is 11.0 Å². The number of benzene rings is 2. The summed E-state index contributed by atoms with van der Waals surface area (Å²) in [5, 5.41) is 0.639. The van der Waals surface area contributed by atoms with Crippen LogP contribution < -0.4 is 15.1 Å². The lowest BCUT2D eigenvalue weighted by molar-refractivity contribution is 0.0554. The van der Waals surface area contributed by atoms with Crippen molar-refractivity contribution in [1.29, 1.82) is 0 Å².